The molecule has 213 valence electrons. The molecule has 0 saturated heterocycles. The fourth-order valence-electron chi connectivity index (χ4n) is 6.19. The first kappa shape index (κ1) is 35.8. The molecule has 1 radical (unpaired) electrons. The second-order valence-corrected chi connectivity index (χ2v) is 10.8. The maximum absolute atomic E-state index is 10.6. The Bertz CT molecular complexity index is 607. The van der Waals surface area contributed by atoms with Crippen LogP contribution in [0, 0.1) is 35.5 Å². The van der Waals surface area contributed by atoms with Crippen molar-refractivity contribution >= 4 is 17.9 Å². The van der Waals surface area contributed by atoms with Crippen LogP contribution in [0.25, 0.3) is 0 Å². The third-order valence-corrected chi connectivity index (χ3v) is 8.78. The summed E-state index contributed by atoms with van der Waals surface area (Å²) >= 11 is 0. The van der Waals surface area contributed by atoms with E-state index in [-0.39, 0.29) is 35.5 Å². The van der Waals surface area contributed by atoms with E-state index in [2.05, 4.69) is 20.8 Å². The monoisotopic (exact) mass is 562 g/mol. The van der Waals surface area contributed by atoms with E-state index in [1.54, 1.807) is 0 Å². The topological polar surface area (TPSA) is 198 Å². The smallest absolute Gasteiger partial charge is 0.550 e. The van der Waals surface area contributed by atoms with Crippen molar-refractivity contribution in [1.82, 2.24) is 0 Å². The number of carboxylic acids is 3. The average molecular weight is 563 g/mol. The van der Waals surface area contributed by atoms with Gasteiger partial charge in [-0.15, -0.1) is 0 Å². The summed E-state index contributed by atoms with van der Waals surface area (Å²) in [4.78, 5) is 31.9. The number of carbonyl (C=O) groups excluding carboxylic acids is 3. The predicted octanol–water partition coefficient (Wildman–Crippen LogP) is -0.333. The van der Waals surface area contributed by atoms with Crippen molar-refractivity contribution in [2.24, 2.45) is 52.7 Å². The molecule has 0 amide bonds. The number of nitrogens with two attached hydrogens (primary N) is 3. The van der Waals surface area contributed by atoms with Crippen LogP contribution in [0.3, 0.4) is 0 Å². The molecule has 0 spiro atoms. The molecular weight excluding hydrogens is 514 g/mol. The first-order valence-electron chi connectivity index (χ1n) is 13.9. The van der Waals surface area contributed by atoms with Crippen LogP contribution in [0.1, 0.15) is 97.8 Å². The predicted molar refractivity (Wildman–Crippen MR) is 132 cm³/mol. The number of aliphatic carboxylic acids is 3. The molecule has 9 nitrogen and oxygen atoms in total. The summed E-state index contributed by atoms with van der Waals surface area (Å²) in [5, 5.41) is 31.9. The van der Waals surface area contributed by atoms with Crippen LogP contribution in [0.15, 0.2) is 0 Å². The van der Waals surface area contributed by atoms with Crippen LogP contribution in [0.5, 0.6) is 0 Å². The summed E-state index contributed by atoms with van der Waals surface area (Å²) in [6, 6.07) is -0.559. The minimum absolute atomic E-state index is 0. The van der Waals surface area contributed by atoms with E-state index >= 15 is 0 Å². The SMILES string of the molecule is CCC1CCCC(C(=O)[O-])C1N.CCC1CCCC(C(=O)[O-])C1N.CCC1CCCC(C(=O)[O-])C1N.[Cr+3]. The van der Waals surface area contributed by atoms with Gasteiger partial charge in [-0.05, 0) is 56.3 Å². The van der Waals surface area contributed by atoms with E-state index in [1.807, 2.05) is 0 Å². The summed E-state index contributed by atoms with van der Waals surface area (Å²) in [6.07, 6.45) is 11.2. The fraction of sp³-hybridized carbons (Fsp3) is 0.889. The van der Waals surface area contributed by atoms with E-state index in [4.69, 9.17) is 17.2 Å². The quantitative estimate of drug-likeness (QED) is 0.388. The Kier molecular flexibility index (Phi) is 17.6. The number of carboxylic acid groups (broad SMARTS) is 3. The van der Waals surface area contributed by atoms with E-state index in [0.717, 1.165) is 57.8 Å². The Morgan fingerprint density at radius 3 is 0.919 bits per heavy atom. The van der Waals surface area contributed by atoms with Gasteiger partial charge in [-0.2, -0.15) is 0 Å². The van der Waals surface area contributed by atoms with Gasteiger partial charge < -0.3 is 46.9 Å². The van der Waals surface area contributed by atoms with Gasteiger partial charge in [0.2, 0.25) is 0 Å². The third-order valence-electron chi connectivity index (χ3n) is 8.78. The molecule has 3 aliphatic carbocycles. The van der Waals surface area contributed by atoms with Gasteiger partial charge in [-0.3, -0.25) is 0 Å². The standard InChI is InChI=1S/3C9H17NO2.Cr/c3*1-2-6-4-3-5-7(8(6)10)9(11)12;/h3*6-8H,2-5,10H2,1H3,(H,11,12);/q;;;+3/p-3. The van der Waals surface area contributed by atoms with Crippen LogP contribution < -0.4 is 32.5 Å². The summed E-state index contributed by atoms with van der Waals surface area (Å²) in [6.45, 7) is 6.17. The van der Waals surface area contributed by atoms with E-state index in [9.17, 15) is 29.7 Å². The third kappa shape index (κ3) is 10.8. The largest absolute Gasteiger partial charge is 3.00 e. The van der Waals surface area contributed by atoms with Crippen LogP contribution in [0.4, 0.5) is 0 Å². The molecule has 6 N–H and O–H groups in total. The second kappa shape index (κ2) is 18.2. The van der Waals surface area contributed by atoms with Gasteiger partial charge in [0.25, 0.3) is 0 Å². The van der Waals surface area contributed by atoms with Crippen LogP contribution in [-0.2, 0) is 31.7 Å². The molecule has 0 aromatic rings. The Morgan fingerprint density at radius 1 is 0.541 bits per heavy atom. The number of rotatable bonds is 6. The number of carbonyl (C=O) groups is 3. The van der Waals surface area contributed by atoms with Gasteiger partial charge in [0, 0.05) is 53.8 Å². The van der Waals surface area contributed by atoms with E-state index < -0.39 is 35.7 Å². The van der Waals surface area contributed by atoms with Gasteiger partial charge in [0.15, 0.2) is 0 Å². The van der Waals surface area contributed by atoms with Crippen molar-refractivity contribution < 1.29 is 47.1 Å². The molecule has 9 atom stereocenters. The van der Waals surface area contributed by atoms with Crippen molar-refractivity contribution in [2.45, 2.75) is 116 Å². The minimum Gasteiger partial charge on any atom is -0.550 e. The summed E-state index contributed by atoms with van der Waals surface area (Å²) in [5.74, 6) is -3.03. The first-order valence-corrected chi connectivity index (χ1v) is 13.9. The molecule has 0 heterocycles. The zero-order valence-electron chi connectivity index (χ0n) is 22.8. The van der Waals surface area contributed by atoms with Gasteiger partial charge in [-0.1, -0.05) is 59.3 Å². The molecule has 3 fully saturated rings. The van der Waals surface area contributed by atoms with Crippen molar-refractivity contribution in [1.29, 1.82) is 0 Å². The molecule has 0 aromatic carbocycles. The Hall–Kier alpha value is -1.18. The van der Waals surface area contributed by atoms with Crippen molar-refractivity contribution in [3.05, 3.63) is 0 Å². The maximum atomic E-state index is 10.6. The van der Waals surface area contributed by atoms with Crippen LogP contribution >= 0.6 is 0 Å². The zero-order valence-corrected chi connectivity index (χ0v) is 24.0. The molecule has 0 aromatic heterocycles. The van der Waals surface area contributed by atoms with Gasteiger partial charge >= 0.3 is 17.4 Å². The Balaban J connectivity index is 0.000000518. The summed E-state index contributed by atoms with van der Waals surface area (Å²) < 4.78 is 0. The number of hydrogen-bond acceptors (Lipinski definition) is 9. The van der Waals surface area contributed by atoms with Crippen LogP contribution in [-0.4, -0.2) is 36.0 Å². The molecule has 3 aliphatic rings. The van der Waals surface area contributed by atoms with Crippen molar-refractivity contribution in [2.75, 3.05) is 0 Å². The van der Waals surface area contributed by atoms with Crippen LogP contribution in [0.2, 0.25) is 0 Å². The molecule has 3 rings (SSSR count). The Morgan fingerprint density at radius 2 is 0.757 bits per heavy atom. The summed E-state index contributed by atoms with van der Waals surface area (Å²) in [7, 11) is 0. The zero-order chi connectivity index (χ0) is 27.4. The average Bonchev–Trinajstić information content (AvgIpc) is 2.84. The van der Waals surface area contributed by atoms with Gasteiger partial charge in [-0.25, -0.2) is 0 Å². The fourth-order valence-corrected chi connectivity index (χ4v) is 6.19. The second-order valence-electron chi connectivity index (χ2n) is 10.8. The summed E-state index contributed by atoms with van der Waals surface area (Å²) in [5.41, 5.74) is 17.4. The maximum Gasteiger partial charge on any atom is 3.00 e. The number of hydrogen-bond donors (Lipinski definition) is 3. The molecular formula is C27H48CrN3O6. The first-order chi connectivity index (χ1) is 17.0. The van der Waals surface area contributed by atoms with Gasteiger partial charge in [0.05, 0.1) is 0 Å². The Labute approximate surface area is 233 Å². The molecule has 10 heteroatoms. The molecule has 37 heavy (non-hydrogen) atoms. The van der Waals surface area contributed by atoms with E-state index in [0.29, 0.717) is 37.0 Å². The van der Waals surface area contributed by atoms with Gasteiger partial charge in [0.1, 0.15) is 0 Å². The normalized spacial score (nSPS) is 35.4. The van der Waals surface area contributed by atoms with Crippen molar-refractivity contribution in [3.63, 3.8) is 0 Å². The molecule has 3 saturated carbocycles. The van der Waals surface area contributed by atoms with Crippen molar-refractivity contribution in [3.8, 4) is 0 Å². The molecule has 0 bridgehead atoms. The van der Waals surface area contributed by atoms with E-state index in [1.165, 1.54) is 0 Å². The minimum atomic E-state index is -0.972. The molecule has 9 unspecified atom stereocenters. The molecule has 0 aliphatic heterocycles.